The molecule has 1 aromatic carbocycles. The Hall–Kier alpha value is -1.28. The maximum atomic E-state index is 12.3. The Balaban J connectivity index is 2.14. The first kappa shape index (κ1) is 16.1. The van der Waals surface area contributed by atoms with Gasteiger partial charge in [0, 0.05) is 11.1 Å². The zero-order chi connectivity index (χ0) is 15.5. The van der Waals surface area contributed by atoms with Crippen LogP contribution in [0.5, 0.6) is 0 Å². The SMILES string of the molecule is Cc1cnc(C(C)NS(=O)(=O)c2ccc(CCN)cc2)s1. The maximum Gasteiger partial charge on any atom is 0.241 e. The third-order valence-electron chi connectivity index (χ3n) is 3.01. The second kappa shape index (κ2) is 6.65. The van der Waals surface area contributed by atoms with E-state index >= 15 is 0 Å². The Morgan fingerprint density at radius 2 is 2.00 bits per heavy atom. The predicted molar refractivity (Wildman–Crippen MR) is 84.8 cm³/mol. The van der Waals surface area contributed by atoms with Crippen LogP contribution in [0.2, 0.25) is 0 Å². The molecule has 1 atom stereocenters. The highest BCUT2D eigenvalue weighted by atomic mass is 32.2. The van der Waals surface area contributed by atoms with Crippen LogP contribution in [0, 0.1) is 6.92 Å². The van der Waals surface area contributed by atoms with Gasteiger partial charge in [-0.3, -0.25) is 0 Å². The third-order valence-corrected chi connectivity index (χ3v) is 5.66. The molecule has 0 radical (unpaired) electrons. The number of rotatable bonds is 6. The number of aromatic nitrogens is 1. The minimum Gasteiger partial charge on any atom is -0.330 e. The van der Waals surface area contributed by atoms with E-state index in [1.54, 1.807) is 37.4 Å². The number of hydrogen-bond acceptors (Lipinski definition) is 5. The molecular formula is C14H19N3O2S2. The molecule has 0 aliphatic rings. The number of aryl methyl sites for hydroxylation is 1. The fraction of sp³-hybridized carbons (Fsp3) is 0.357. The van der Waals surface area contributed by atoms with E-state index < -0.39 is 10.0 Å². The molecule has 0 fully saturated rings. The Morgan fingerprint density at radius 3 is 2.52 bits per heavy atom. The van der Waals surface area contributed by atoms with E-state index in [1.165, 1.54) is 11.3 Å². The molecule has 2 aromatic rings. The van der Waals surface area contributed by atoms with Crippen LogP contribution >= 0.6 is 11.3 Å². The van der Waals surface area contributed by atoms with E-state index in [9.17, 15) is 8.42 Å². The molecular weight excluding hydrogens is 306 g/mol. The van der Waals surface area contributed by atoms with Crippen LogP contribution in [-0.4, -0.2) is 19.9 Å². The number of nitrogens with one attached hydrogen (secondary N) is 1. The van der Waals surface area contributed by atoms with Gasteiger partial charge in [0.15, 0.2) is 0 Å². The van der Waals surface area contributed by atoms with Crippen molar-refractivity contribution in [2.24, 2.45) is 5.73 Å². The Kier molecular flexibility index (Phi) is 5.10. The van der Waals surface area contributed by atoms with Crippen LogP contribution < -0.4 is 10.5 Å². The standard InChI is InChI=1S/C14H19N3O2S2/c1-10-9-16-14(20-10)11(2)17-21(18,19)13-5-3-12(4-6-13)7-8-15/h3-6,9,11,17H,7-8,15H2,1-2H3. The lowest BCUT2D eigenvalue weighted by Crippen LogP contribution is -2.26. The molecule has 0 spiro atoms. The Morgan fingerprint density at radius 1 is 1.33 bits per heavy atom. The number of hydrogen-bond donors (Lipinski definition) is 2. The fourth-order valence-corrected chi connectivity index (χ4v) is 3.98. The van der Waals surface area contributed by atoms with E-state index in [1.807, 2.05) is 6.92 Å². The zero-order valence-corrected chi connectivity index (χ0v) is 13.7. The molecule has 7 heteroatoms. The molecule has 1 unspecified atom stereocenters. The van der Waals surface area contributed by atoms with Crippen molar-refractivity contribution >= 4 is 21.4 Å². The number of nitrogens with two attached hydrogens (primary N) is 1. The molecule has 0 aliphatic carbocycles. The maximum absolute atomic E-state index is 12.3. The summed E-state index contributed by atoms with van der Waals surface area (Å²) in [6.07, 6.45) is 2.48. The van der Waals surface area contributed by atoms with Gasteiger partial charge in [0.2, 0.25) is 10.0 Å². The lowest BCUT2D eigenvalue weighted by Gasteiger charge is -2.12. The quantitative estimate of drug-likeness (QED) is 0.850. The number of thiazole rings is 1. The smallest absolute Gasteiger partial charge is 0.241 e. The molecule has 3 N–H and O–H groups in total. The molecule has 2 rings (SSSR count). The molecule has 0 bridgehead atoms. The summed E-state index contributed by atoms with van der Waals surface area (Å²) < 4.78 is 27.3. The number of nitrogens with zero attached hydrogens (tertiary/aromatic N) is 1. The van der Waals surface area contributed by atoms with E-state index in [2.05, 4.69) is 9.71 Å². The molecule has 0 saturated heterocycles. The van der Waals surface area contributed by atoms with Gasteiger partial charge in [0.1, 0.15) is 5.01 Å². The summed E-state index contributed by atoms with van der Waals surface area (Å²) in [4.78, 5) is 5.52. The normalized spacial score (nSPS) is 13.3. The number of sulfonamides is 1. The molecule has 5 nitrogen and oxygen atoms in total. The summed E-state index contributed by atoms with van der Waals surface area (Å²) in [7, 11) is -3.54. The average molecular weight is 325 g/mol. The summed E-state index contributed by atoms with van der Waals surface area (Å²) in [5.74, 6) is 0. The minimum atomic E-state index is -3.54. The van der Waals surface area contributed by atoms with Gasteiger partial charge < -0.3 is 5.73 Å². The van der Waals surface area contributed by atoms with Crippen molar-refractivity contribution in [1.82, 2.24) is 9.71 Å². The summed E-state index contributed by atoms with van der Waals surface area (Å²) >= 11 is 1.49. The van der Waals surface area contributed by atoms with Gasteiger partial charge in [-0.05, 0) is 44.5 Å². The second-order valence-corrected chi connectivity index (χ2v) is 7.82. The second-order valence-electron chi connectivity index (χ2n) is 4.83. The van der Waals surface area contributed by atoms with Gasteiger partial charge in [-0.1, -0.05) is 12.1 Å². The molecule has 0 aliphatic heterocycles. The minimum absolute atomic E-state index is 0.253. The van der Waals surface area contributed by atoms with E-state index in [-0.39, 0.29) is 10.9 Å². The van der Waals surface area contributed by atoms with Gasteiger partial charge in [0.05, 0.1) is 10.9 Å². The van der Waals surface area contributed by atoms with Crippen molar-refractivity contribution in [3.8, 4) is 0 Å². The van der Waals surface area contributed by atoms with Crippen LogP contribution in [0.1, 0.15) is 28.4 Å². The first-order valence-electron chi connectivity index (χ1n) is 6.66. The monoisotopic (exact) mass is 325 g/mol. The lowest BCUT2D eigenvalue weighted by atomic mass is 10.2. The van der Waals surface area contributed by atoms with Crippen LogP contribution in [-0.2, 0) is 16.4 Å². The van der Waals surface area contributed by atoms with Crippen LogP contribution in [0.3, 0.4) is 0 Å². The van der Waals surface area contributed by atoms with Gasteiger partial charge >= 0.3 is 0 Å². The molecule has 1 aromatic heterocycles. The summed E-state index contributed by atoms with van der Waals surface area (Å²) in [5.41, 5.74) is 6.51. The van der Waals surface area contributed by atoms with E-state index in [0.29, 0.717) is 6.54 Å². The van der Waals surface area contributed by atoms with Gasteiger partial charge in [-0.25, -0.2) is 18.1 Å². The highest BCUT2D eigenvalue weighted by Crippen LogP contribution is 2.21. The summed E-state index contributed by atoms with van der Waals surface area (Å²) in [5, 5.41) is 0.760. The van der Waals surface area contributed by atoms with Crippen LogP contribution in [0.4, 0.5) is 0 Å². The van der Waals surface area contributed by atoms with Crippen molar-refractivity contribution in [2.75, 3.05) is 6.54 Å². The van der Waals surface area contributed by atoms with Gasteiger partial charge in [-0.2, -0.15) is 0 Å². The molecule has 0 amide bonds. The summed E-state index contributed by atoms with van der Waals surface area (Å²) in [6.45, 7) is 4.28. The number of benzene rings is 1. The largest absolute Gasteiger partial charge is 0.330 e. The van der Waals surface area contributed by atoms with Crippen molar-refractivity contribution in [3.05, 3.63) is 45.9 Å². The molecule has 21 heavy (non-hydrogen) atoms. The fourth-order valence-electron chi connectivity index (χ4n) is 1.93. The lowest BCUT2D eigenvalue weighted by molar-refractivity contribution is 0.566. The molecule has 1 heterocycles. The third kappa shape index (κ3) is 4.10. The van der Waals surface area contributed by atoms with Gasteiger partial charge in [0.25, 0.3) is 0 Å². The predicted octanol–water partition coefficient (Wildman–Crippen LogP) is 1.99. The van der Waals surface area contributed by atoms with Crippen molar-refractivity contribution in [1.29, 1.82) is 0 Å². The van der Waals surface area contributed by atoms with E-state index in [4.69, 9.17) is 5.73 Å². The highest BCUT2D eigenvalue weighted by molar-refractivity contribution is 7.89. The molecule has 114 valence electrons. The van der Waals surface area contributed by atoms with Gasteiger partial charge in [-0.15, -0.1) is 11.3 Å². The zero-order valence-electron chi connectivity index (χ0n) is 12.0. The average Bonchev–Trinajstić information content (AvgIpc) is 2.86. The Labute approximate surface area is 129 Å². The van der Waals surface area contributed by atoms with Crippen molar-refractivity contribution in [2.45, 2.75) is 31.2 Å². The Bertz CT molecular complexity index is 693. The summed E-state index contributed by atoms with van der Waals surface area (Å²) in [6, 6.07) is 6.44. The first-order chi connectivity index (χ1) is 9.92. The van der Waals surface area contributed by atoms with Crippen molar-refractivity contribution in [3.63, 3.8) is 0 Å². The van der Waals surface area contributed by atoms with Crippen LogP contribution in [0.15, 0.2) is 35.4 Å². The van der Waals surface area contributed by atoms with Crippen molar-refractivity contribution < 1.29 is 8.42 Å². The topological polar surface area (TPSA) is 85.1 Å². The first-order valence-corrected chi connectivity index (χ1v) is 8.96. The molecule has 0 saturated carbocycles. The van der Waals surface area contributed by atoms with Crippen LogP contribution in [0.25, 0.3) is 0 Å². The highest BCUT2D eigenvalue weighted by Gasteiger charge is 2.20. The van der Waals surface area contributed by atoms with E-state index in [0.717, 1.165) is 21.9 Å².